The molecule has 1 aliphatic heterocycles. The minimum absolute atomic E-state index is 0.195. The zero-order chi connectivity index (χ0) is 26.5. The lowest BCUT2D eigenvalue weighted by atomic mass is 9.81. The minimum Gasteiger partial charge on any atom is -0.383 e. The van der Waals surface area contributed by atoms with E-state index in [2.05, 4.69) is 14.9 Å². The van der Waals surface area contributed by atoms with E-state index in [0.29, 0.717) is 45.2 Å². The topological polar surface area (TPSA) is 88.3 Å². The molecule has 0 spiro atoms. The van der Waals surface area contributed by atoms with Gasteiger partial charge in [-0.05, 0) is 76.4 Å². The molecule has 198 valence electrons. The van der Waals surface area contributed by atoms with Gasteiger partial charge in [-0.15, -0.1) is 11.3 Å². The van der Waals surface area contributed by atoms with Crippen molar-refractivity contribution in [1.82, 2.24) is 18.8 Å². The van der Waals surface area contributed by atoms with Crippen LogP contribution in [0.5, 0.6) is 0 Å². The second-order valence-electron chi connectivity index (χ2n) is 10.2. The smallest absolute Gasteiger partial charge is 0.269 e. The van der Waals surface area contributed by atoms with E-state index in [4.69, 9.17) is 11.6 Å². The molecule has 4 heterocycles. The average Bonchev–Trinajstić information content (AvgIpc) is 3.63. The summed E-state index contributed by atoms with van der Waals surface area (Å²) in [5.74, 6) is 0. The molecule has 0 bridgehead atoms. The molecule has 3 aromatic heterocycles. The molecule has 2 aliphatic rings. The van der Waals surface area contributed by atoms with Gasteiger partial charge in [0.25, 0.3) is 10.0 Å². The Balaban J connectivity index is 1.51. The molecule has 0 amide bonds. The molecule has 1 saturated carbocycles. The Morgan fingerprint density at radius 1 is 1.11 bits per heavy atom. The number of rotatable bonds is 7. The van der Waals surface area contributed by atoms with E-state index in [1.54, 1.807) is 30.5 Å². The molecule has 4 aromatic rings. The summed E-state index contributed by atoms with van der Waals surface area (Å²) in [7, 11) is -3.95. The lowest BCUT2D eigenvalue weighted by molar-refractivity contribution is -0.0389. The molecule has 1 N–H and O–H groups in total. The maximum absolute atomic E-state index is 14.0. The number of aliphatic hydroxyl groups is 1. The minimum atomic E-state index is -3.95. The fourth-order valence-electron chi connectivity index (χ4n) is 5.17. The second kappa shape index (κ2) is 9.88. The summed E-state index contributed by atoms with van der Waals surface area (Å²) < 4.78 is 29.3. The number of hydrogen-bond acceptors (Lipinski definition) is 7. The number of aryl methyl sites for hydroxylation is 1. The normalized spacial score (nSPS) is 18.0. The average molecular weight is 569 g/mol. The summed E-state index contributed by atoms with van der Waals surface area (Å²) in [6, 6.07) is 8.68. The number of pyridine rings is 1. The van der Waals surface area contributed by atoms with Crippen molar-refractivity contribution in [2.24, 2.45) is 0 Å². The highest BCUT2D eigenvalue weighted by atomic mass is 35.5. The quantitative estimate of drug-likeness (QED) is 0.301. The van der Waals surface area contributed by atoms with Gasteiger partial charge < -0.3 is 5.11 Å². The monoisotopic (exact) mass is 568 g/mol. The van der Waals surface area contributed by atoms with Crippen molar-refractivity contribution < 1.29 is 13.5 Å². The number of hydrogen-bond donors (Lipinski definition) is 1. The van der Waals surface area contributed by atoms with Gasteiger partial charge in [-0.1, -0.05) is 35.4 Å². The Bertz CT molecular complexity index is 1630. The van der Waals surface area contributed by atoms with Crippen LogP contribution in [0.25, 0.3) is 27.6 Å². The highest BCUT2D eigenvalue weighted by Crippen LogP contribution is 2.46. The van der Waals surface area contributed by atoms with E-state index in [9.17, 15) is 13.5 Å². The van der Waals surface area contributed by atoms with Crippen molar-refractivity contribution in [2.45, 2.75) is 49.5 Å². The highest BCUT2D eigenvalue weighted by Gasteiger charge is 2.39. The van der Waals surface area contributed by atoms with Gasteiger partial charge in [-0.25, -0.2) is 22.4 Å². The summed E-state index contributed by atoms with van der Waals surface area (Å²) in [6.45, 7) is 4.78. The first-order chi connectivity index (χ1) is 18.3. The number of benzene rings is 1. The van der Waals surface area contributed by atoms with E-state index in [1.165, 1.54) is 34.3 Å². The van der Waals surface area contributed by atoms with Crippen molar-refractivity contribution in [3.8, 4) is 10.4 Å². The third kappa shape index (κ3) is 4.50. The van der Waals surface area contributed by atoms with Crippen LogP contribution >= 0.6 is 22.9 Å². The van der Waals surface area contributed by atoms with Crippen molar-refractivity contribution in [3.63, 3.8) is 0 Å². The van der Waals surface area contributed by atoms with Crippen LogP contribution < -0.4 is 0 Å². The Kier molecular flexibility index (Phi) is 6.68. The molecule has 0 radical (unpaired) electrons. The largest absolute Gasteiger partial charge is 0.383 e. The van der Waals surface area contributed by atoms with Gasteiger partial charge in [-0.3, -0.25) is 4.90 Å². The zero-order valence-corrected chi connectivity index (χ0v) is 23.5. The van der Waals surface area contributed by atoms with E-state index in [-0.39, 0.29) is 4.90 Å². The number of likely N-dealkylation sites (tertiary alicyclic amines) is 1. The van der Waals surface area contributed by atoms with Crippen LogP contribution in [0.1, 0.15) is 48.4 Å². The molecule has 0 atom stereocenters. The maximum Gasteiger partial charge on any atom is 0.269 e. The van der Waals surface area contributed by atoms with Crippen LogP contribution in [0, 0.1) is 6.92 Å². The Morgan fingerprint density at radius 2 is 1.84 bits per heavy atom. The van der Waals surface area contributed by atoms with Gasteiger partial charge in [-0.2, -0.15) is 0 Å². The zero-order valence-electron chi connectivity index (χ0n) is 21.1. The summed E-state index contributed by atoms with van der Waals surface area (Å²) in [6.07, 6.45) is 11.8. The lowest BCUT2D eigenvalue weighted by Crippen LogP contribution is -2.33. The van der Waals surface area contributed by atoms with Gasteiger partial charge >= 0.3 is 0 Å². The number of thiazole rings is 1. The molecule has 6 rings (SSSR count). The van der Waals surface area contributed by atoms with Crippen LogP contribution in [0.15, 0.2) is 53.7 Å². The van der Waals surface area contributed by atoms with E-state index >= 15 is 0 Å². The van der Waals surface area contributed by atoms with Crippen LogP contribution in [0.2, 0.25) is 5.02 Å². The van der Waals surface area contributed by atoms with E-state index in [0.717, 1.165) is 36.5 Å². The molecule has 7 nitrogen and oxygen atoms in total. The molecule has 10 heteroatoms. The van der Waals surface area contributed by atoms with Gasteiger partial charge in [0.2, 0.25) is 0 Å². The molecule has 0 unspecified atom stereocenters. The fourth-order valence-corrected chi connectivity index (χ4v) is 8.07. The maximum atomic E-state index is 14.0. The van der Waals surface area contributed by atoms with Gasteiger partial charge in [0.15, 0.2) is 5.65 Å². The van der Waals surface area contributed by atoms with Gasteiger partial charge in [0.05, 0.1) is 20.5 Å². The van der Waals surface area contributed by atoms with Crippen LogP contribution in [-0.4, -0.2) is 52.0 Å². The summed E-state index contributed by atoms with van der Waals surface area (Å²) in [5, 5.41) is 12.5. The Labute approximate surface area is 231 Å². The van der Waals surface area contributed by atoms with Crippen LogP contribution in [-0.2, 0) is 15.6 Å². The number of fused-ring (bicyclic) bond motifs is 1. The predicted molar refractivity (Wildman–Crippen MR) is 152 cm³/mol. The number of nitrogens with zero attached hydrogens (tertiary/aromatic N) is 4. The molecule has 1 aromatic carbocycles. The van der Waals surface area contributed by atoms with Crippen LogP contribution in [0.4, 0.5) is 0 Å². The third-order valence-corrected chi connectivity index (χ3v) is 10.7. The second-order valence-corrected chi connectivity index (χ2v) is 13.4. The Hall–Kier alpha value is -2.56. The van der Waals surface area contributed by atoms with E-state index < -0.39 is 15.6 Å². The molecular weight excluding hydrogens is 540 g/mol. The highest BCUT2D eigenvalue weighted by molar-refractivity contribution is 7.90. The fraction of sp³-hybridized carbons (Fsp3) is 0.357. The van der Waals surface area contributed by atoms with Crippen molar-refractivity contribution in [3.05, 3.63) is 70.1 Å². The SMILES string of the molecule is Cc1ccc(S(=O)(=O)n2c(/C=C/CN3CCCC3)cc3c(-c4cnc(C5(O)CCC5)s4)c(Cl)cnc32)cc1. The molecular formula is C28H29ClN4O3S2. The molecule has 1 aliphatic carbocycles. The summed E-state index contributed by atoms with van der Waals surface area (Å²) in [4.78, 5) is 12.3. The summed E-state index contributed by atoms with van der Waals surface area (Å²) >= 11 is 8.08. The first kappa shape index (κ1) is 25.7. The van der Waals surface area contributed by atoms with Gasteiger partial charge in [0, 0.05) is 29.9 Å². The van der Waals surface area contributed by atoms with E-state index in [1.807, 2.05) is 25.1 Å². The number of aromatic nitrogens is 3. The standard InChI is InChI=1S/C28H29ClN4O3S2/c1-19-7-9-21(10-8-19)38(35,36)33-20(6-4-15-32-13-2-3-14-32)16-22-25(23(29)17-30-26(22)33)24-18-31-27(37-24)28(34)11-5-12-28/h4,6-10,16-18,34H,2-3,5,11-15H2,1H3/b6-4+. The van der Waals surface area contributed by atoms with Crippen molar-refractivity contribution >= 4 is 50.1 Å². The third-order valence-electron chi connectivity index (χ3n) is 7.51. The predicted octanol–water partition coefficient (Wildman–Crippen LogP) is 5.84. The first-order valence-electron chi connectivity index (χ1n) is 12.9. The summed E-state index contributed by atoms with van der Waals surface area (Å²) in [5.41, 5.74) is 1.59. The van der Waals surface area contributed by atoms with Crippen molar-refractivity contribution in [2.75, 3.05) is 19.6 Å². The molecule has 38 heavy (non-hydrogen) atoms. The Morgan fingerprint density at radius 3 is 2.53 bits per heavy atom. The van der Waals surface area contributed by atoms with Crippen molar-refractivity contribution in [1.29, 1.82) is 0 Å². The molecule has 2 fully saturated rings. The number of halogens is 1. The van der Waals surface area contributed by atoms with Crippen LogP contribution in [0.3, 0.4) is 0 Å². The first-order valence-corrected chi connectivity index (χ1v) is 15.5. The molecule has 1 saturated heterocycles. The van der Waals surface area contributed by atoms with Gasteiger partial charge in [0.1, 0.15) is 10.6 Å². The lowest BCUT2D eigenvalue weighted by Gasteiger charge is -2.34.